The summed E-state index contributed by atoms with van der Waals surface area (Å²) in [5.41, 5.74) is 1.52. The van der Waals surface area contributed by atoms with E-state index in [2.05, 4.69) is 0 Å². The molecule has 1 aromatic carbocycles. The Hall–Kier alpha value is -1.06. The quantitative estimate of drug-likeness (QED) is 0.898. The molecule has 17 heavy (non-hydrogen) atoms. The van der Waals surface area contributed by atoms with Crippen molar-refractivity contribution in [1.82, 2.24) is 4.90 Å². The van der Waals surface area contributed by atoms with Crippen LogP contribution in [0.5, 0.6) is 0 Å². The molecular formula is C13H18ClNO2. The minimum atomic E-state index is -0.397. The maximum Gasteiger partial charge on any atom is 0.253 e. The van der Waals surface area contributed by atoms with Crippen molar-refractivity contribution in [1.29, 1.82) is 0 Å². The molecule has 0 aliphatic heterocycles. The van der Waals surface area contributed by atoms with E-state index >= 15 is 0 Å². The zero-order chi connectivity index (χ0) is 13.0. The molecule has 1 unspecified atom stereocenters. The minimum absolute atomic E-state index is 0.0642. The van der Waals surface area contributed by atoms with Gasteiger partial charge in [-0.2, -0.15) is 0 Å². The first-order valence-corrected chi connectivity index (χ1v) is 5.99. The van der Waals surface area contributed by atoms with E-state index in [-0.39, 0.29) is 5.91 Å². The van der Waals surface area contributed by atoms with Crippen LogP contribution in [0.25, 0.3) is 0 Å². The largest absolute Gasteiger partial charge is 0.393 e. The van der Waals surface area contributed by atoms with Crippen LogP contribution >= 0.6 is 11.6 Å². The number of rotatable bonds is 4. The van der Waals surface area contributed by atoms with Gasteiger partial charge in [0.1, 0.15) is 0 Å². The van der Waals surface area contributed by atoms with E-state index in [1.807, 2.05) is 13.0 Å². The summed E-state index contributed by atoms with van der Waals surface area (Å²) in [5.74, 6) is -0.0642. The van der Waals surface area contributed by atoms with E-state index in [4.69, 9.17) is 11.6 Å². The van der Waals surface area contributed by atoms with Gasteiger partial charge in [-0.25, -0.2) is 0 Å². The maximum atomic E-state index is 12.1. The van der Waals surface area contributed by atoms with E-state index in [9.17, 15) is 9.90 Å². The monoisotopic (exact) mass is 255 g/mol. The second kappa shape index (κ2) is 6.03. The summed E-state index contributed by atoms with van der Waals surface area (Å²) in [4.78, 5) is 13.7. The van der Waals surface area contributed by atoms with E-state index in [0.29, 0.717) is 23.6 Å². The van der Waals surface area contributed by atoms with Crippen molar-refractivity contribution in [3.8, 4) is 0 Å². The lowest BCUT2D eigenvalue weighted by Crippen LogP contribution is -2.29. The smallest absolute Gasteiger partial charge is 0.253 e. The number of aliphatic hydroxyl groups is 1. The molecule has 0 fully saturated rings. The van der Waals surface area contributed by atoms with Gasteiger partial charge in [-0.05, 0) is 38.0 Å². The Balaban J connectivity index is 2.78. The number of amides is 1. The molecule has 0 spiro atoms. The Morgan fingerprint density at radius 2 is 2.18 bits per heavy atom. The lowest BCUT2D eigenvalue weighted by atomic mass is 10.1. The number of carbonyl (C=O) groups excluding carboxylic acids is 1. The predicted octanol–water partition coefficient (Wildman–Crippen LogP) is 2.49. The fraction of sp³-hybridized carbons (Fsp3) is 0.462. The van der Waals surface area contributed by atoms with Crippen molar-refractivity contribution in [3.05, 3.63) is 34.3 Å². The van der Waals surface area contributed by atoms with E-state index in [1.54, 1.807) is 31.0 Å². The summed E-state index contributed by atoms with van der Waals surface area (Å²) in [5, 5.41) is 9.75. The number of hydrogen-bond acceptors (Lipinski definition) is 2. The highest BCUT2D eigenvalue weighted by Gasteiger charge is 2.14. The highest BCUT2D eigenvalue weighted by Crippen LogP contribution is 2.17. The fourth-order valence-electron chi connectivity index (χ4n) is 1.51. The average molecular weight is 256 g/mol. The van der Waals surface area contributed by atoms with Crippen LogP contribution in [0.4, 0.5) is 0 Å². The third-order valence-corrected chi connectivity index (χ3v) is 2.89. The Morgan fingerprint density at radius 3 is 2.76 bits per heavy atom. The third kappa shape index (κ3) is 4.02. The first-order valence-electron chi connectivity index (χ1n) is 5.61. The molecule has 1 amide bonds. The van der Waals surface area contributed by atoms with Gasteiger partial charge >= 0.3 is 0 Å². The molecule has 4 heteroatoms. The van der Waals surface area contributed by atoms with Gasteiger partial charge in [-0.1, -0.05) is 17.7 Å². The Morgan fingerprint density at radius 1 is 1.53 bits per heavy atom. The number of carbonyl (C=O) groups is 1. The number of aryl methyl sites for hydroxylation is 1. The van der Waals surface area contributed by atoms with Crippen LogP contribution in [-0.4, -0.2) is 35.6 Å². The van der Waals surface area contributed by atoms with Crippen LogP contribution in [0.1, 0.15) is 29.3 Å². The van der Waals surface area contributed by atoms with Crippen molar-refractivity contribution in [2.24, 2.45) is 0 Å². The van der Waals surface area contributed by atoms with Gasteiger partial charge in [0, 0.05) is 24.2 Å². The van der Waals surface area contributed by atoms with Crippen molar-refractivity contribution in [2.75, 3.05) is 13.6 Å². The van der Waals surface area contributed by atoms with Crippen molar-refractivity contribution in [2.45, 2.75) is 26.4 Å². The second-order valence-electron chi connectivity index (χ2n) is 4.32. The average Bonchev–Trinajstić information content (AvgIpc) is 2.28. The van der Waals surface area contributed by atoms with Crippen LogP contribution in [0.2, 0.25) is 5.02 Å². The molecule has 0 aromatic heterocycles. The third-order valence-electron chi connectivity index (χ3n) is 2.66. The Bertz CT molecular complexity index is 404. The van der Waals surface area contributed by atoms with Crippen LogP contribution < -0.4 is 0 Å². The fourth-order valence-corrected chi connectivity index (χ4v) is 1.68. The Kier molecular flexibility index (Phi) is 4.97. The lowest BCUT2D eigenvalue weighted by Gasteiger charge is -2.19. The van der Waals surface area contributed by atoms with E-state index in [1.165, 1.54) is 0 Å². The number of halogens is 1. The molecule has 0 aliphatic rings. The molecule has 1 rings (SSSR count). The van der Waals surface area contributed by atoms with Crippen molar-refractivity contribution >= 4 is 17.5 Å². The summed E-state index contributed by atoms with van der Waals surface area (Å²) >= 11 is 5.88. The summed E-state index contributed by atoms with van der Waals surface area (Å²) in [6.07, 6.45) is 0.174. The van der Waals surface area contributed by atoms with E-state index in [0.717, 1.165) is 5.56 Å². The topological polar surface area (TPSA) is 40.5 Å². The molecule has 1 N–H and O–H groups in total. The SMILES string of the molecule is Cc1ccc(Cl)cc1C(=O)N(C)CCC(C)O. The highest BCUT2D eigenvalue weighted by molar-refractivity contribution is 6.31. The summed E-state index contributed by atoms with van der Waals surface area (Å²) in [7, 11) is 1.73. The highest BCUT2D eigenvalue weighted by atomic mass is 35.5. The Labute approximate surface area is 107 Å². The van der Waals surface area contributed by atoms with Gasteiger partial charge < -0.3 is 10.0 Å². The first-order chi connectivity index (χ1) is 7.91. The molecule has 94 valence electrons. The number of hydrogen-bond donors (Lipinski definition) is 1. The van der Waals surface area contributed by atoms with Gasteiger partial charge in [-0.15, -0.1) is 0 Å². The van der Waals surface area contributed by atoms with Crippen LogP contribution in [0.3, 0.4) is 0 Å². The number of aliphatic hydroxyl groups excluding tert-OH is 1. The standard InChI is InChI=1S/C13H18ClNO2/c1-9-4-5-11(14)8-12(9)13(17)15(3)7-6-10(2)16/h4-5,8,10,16H,6-7H2,1-3H3. The van der Waals surface area contributed by atoms with Crippen LogP contribution in [0, 0.1) is 6.92 Å². The van der Waals surface area contributed by atoms with Gasteiger partial charge in [0.15, 0.2) is 0 Å². The van der Waals surface area contributed by atoms with Gasteiger partial charge in [0.2, 0.25) is 0 Å². The predicted molar refractivity (Wildman–Crippen MR) is 69.4 cm³/mol. The van der Waals surface area contributed by atoms with Crippen molar-refractivity contribution < 1.29 is 9.90 Å². The first kappa shape index (κ1) is 14.0. The van der Waals surface area contributed by atoms with Crippen LogP contribution in [-0.2, 0) is 0 Å². The molecule has 3 nitrogen and oxygen atoms in total. The molecule has 0 radical (unpaired) electrons. The lowest BCUT2D eigenvalue weighted by molar-refractivity contribution is 0.0768. The summed E-state index contributed by atoms with van der Waals surface area (Å²) < 4.78 is 0. The molecule has 0 saturated heterocycles. The second-order valence-corrected chi connectivity index (χ2v) is 4.76. The molecule has 0 aliphatic carbocycles. The normalized spacial score (nSPS) is 12.3. The van der Waals surface area contributed by atoms with Crippen molar-refractivity contribution in [3.63, 3.8) is 0 Å². The summed E-state index contributed by atoms with van der Waals surface area (Å²) in [6.45, 7) is 4.12. The molecule has 0 heterocycles. The van der Waals surface area contributed by atoms with Gasteiger partial charge in [-0.3, -0.25) is 4.79 Å². The molecule has 0 saturated carbocycles. The van der Waals surface area contributed by atoms with Gasteiger partial charge in [0.25, 0.3) is 5.91 Å². The van der Waals surface area contributed by atoms with Crippen LogP contribution in [0.15, 0.2) is 18.2 Å². The molecular weight excluding hydrogens is 238 g/mol. The number of benzene rings is 1. The molecule has 0 bridgehead atoms. The number of nitrogens with zero attached hydrogens (tertiary/aromatic N) is 1. The molecule has 1 atom stereocenters. The minimum Gasteiger partial charge on any atom is -0.393 e. The zero-order valence-electron chi connectivity index (χ0n) is 10.4. The van der Waals surface area contributed by atoms with Gasteiger partial charge in [0.05, 0.1) is 6.10 Å². The summed E-state index contributed by atoms with van der Waals surface area (Å²) in [6, 6.07) is 5.28. The zero-order valence-corrected chi connectivity index (χ0v) is 11.2. The maximum absolute atomic E-state index is 12.1. The van der Waals surface area contributed by atoms with E-state index < -0.39 is 6.10 Å². The molecule has 1 aromatic rings.